The van der Waals surface area contributed by atoms with Crippen LogP contribution in [0.1, 0.15) is 32.3 Å². The van der Waals surface area contributed by atoms with Crippen LogP contribution in [-0.4, -0.2) is 12.1 Å². The van der Waals surface area contributed by atoms with Gasteiger partial charge in [0, 0.05) is 6.92 Å². The lowest BCUT2D eigenvalue weighted by Crippen LogP contribution is -2.12. The number of carbonyl (C=O) groups is 1. The molecule has 2 heteroatoms. The average Bonchev–Trinajstić information content (AvgIpc) is 2.18. The summed E-state index contributed by atoms with van der Waals surface area (Å²) in [5, 5.41) is 0. The second kappa shape index (κ2) is 6.23. The van der Waals surface area contributed by atoms with Gasteiger partial charge >= 0.3 is 5.97 Å². The van der Waals surface area contributed by atoms with E-state index in [1.807, 2.05) is 25.1 Å². The minimum atomic E-state index is -0.192. The van der Waals surface area contributed by atoms with Crippen molar-refractivity contribution >= 4 is 5.97 Å². The lowest BCUT2D eigenvalue weighted by atomic mass is 10.1. The Balaban J connectivity index is 2.19. The minimum Gasteiger partial charge on any atom is -0.463 e. The molecule has 0 N–H and O–H groups in total. The smallest absolute Gasteiger partial charge is 0.302 e. The number of esters is 1. The van der Waals surface area contributed by atoms with Crippen molar-refractivity contribution in [2.24, 2.45) is 0 Å². The second-order valence-corrected chi connectivity index (χ2v) is 3.80. The molecular weight excluding hydrogens is 188 g/mol. The first-order chi connectivity index (χ1) is 7.18. The highest BCUT2D eigenvalue weighted by Gasteiger charge is 2.04. The van der Waals surface area contributed by atoms with Crippen molar-refractivity contribution in [3.63, 3.8) is 0 Å². The van der Waals surface area contributed by atoms with E-state index < -0.39 is 0 Å². The molecule has 1 aromatic carbocycles. The maximum absolute atomic E-state index is 10.7. The summed E-state index contributed by atoms with van der Waals surface area (Å²) in [6.45, 7) is 3.39. The maximum atomic E-state index is 10.7. The van der Waals surface area contributed by atoms with Crippen LogP contribution < -0.4 is 0 Å². The second-order valence-electron chi connectivity index (χ2n) is 3.80. The summed E-state index contributed by atoms with van der Waals surface area (Å²) in [6.07, 6.45) is 3.06. The first kappa shape index (κ1) is 11.8. The molecule has 1 unspecified atom stereocenters. The first-order valence-electron chi connectivity index (χ1n) is 5.39. The van der Waals surface area contributed by atoms with Gasteiger partial charge in [-0.1, -0.05) is 30.3 Å². The lowest BCUT2D eigenvalue weighted by Gasteiger charge is -2.11. The highest BCUT2D eigenvalue weighted by atomic mass is 16.5. The topological polar surface area (TPSA) is 26.3 Å². The monoisotopic (exact) mass is 206 g/mol. The zero-order valence-corrected chi connectivity index (χ0v) is 9.40. The van der Waals surface area contributed by atoms with Crippen molar-refractivity contribution in [3.8, 4) is 0 Å². The molecule has 1 rings (SSSR count). The van der Waals surface area contributed by atoms with E-state index in [9.17, 15) is 4.79 Å². The van der Waals surface area contributed by atoms with E-state index in [0.29, 0.717) is 0 Å². The first-order valence-corrected chi connectivity index (χ1v) is 5.39. The van der Waals surface area contributed by atoms with Gasteiger partial charge in [0.05, 0.1) is 6.10 Å². The molecule has 2 nitrogen and oxygen atoms in total. The molecule has 1 aromatic rings. The van der Waals surface area contributed by atoms with E-state index in [1.54, 1.807) is 0 Å². The van der Waals surface area contributed by atoms with E-state index in [1.165, 1.54) is 12.5 Å². The van der Waals surface area contributed by atoms with Gasteiger partial charge < -0.3 is 4.74 Å². The summed E-state index contributed by atoms with van der Waals surface area (Å²) in [6, 6.07) is 10.4. The third kappa shape index (κ3) is 5.21. The molecule has 0 aliphatic heterocycles. The maximum Gasteiger partial charge on any atom is 0.302 e. The zero-order chi connectivity index (χ0) is 11.1. The Labute approximate surface area is 91.3 Å². The molecule has 82 valence electrons. The normalized spacial score (nSPS) is 12.1. The number of carbonyl (C=O) groups excluding carboxylic acids is 1. The molecule has 0 bridgehead atoms. The van der Waals surface area contributed by atoms with Crippen molar-refractivity contribution < 1.29 is 9.53 Å². The molecule has 0 heterocycles. The fourth-order valence-electron chi connectivity index (χ4n) is 1.58. The molecule has 0 aliphatic carbocycles. The summed E-state index contributed by atoms with van der Waals surface area (Å²) < 4.78 is 5.05. The Kier molecular flexibility index (Phi) is 4.88. The molecule has 0 amide bonds. The van der Waals surface area contributed by atoms with Gasteiger partial charge in [-0.2, -0.15) is 0 Å². The predicted octanol–water partition coefficient (Wildman–Crippen LogP) is 2.96. The SMILES string of the molecule is CC(=O)OC(C)CCCc1ccccc1. The molecule has 0 saturated heterocycles. The molecule has 0 aliphatic rings. The van der Waals surface area contributed by atoms with Crippen molar-refractivity contribution in [1.29, 1.82) is 0 Å². The summed E-state index contributed by atoms with van der Waals surface area (Å²) in [4.78, 5) is 10.7. The van der Waals surface area contributed by atoms with Gasteiger partial charge in [-0.25, -0.2) is 0 Å². The highest BCUT2D eigenvalue weighted by Crippen LogP contribution is 2.08. The van der Waals surface area contributed by atoms with Crippen molar-refractivity contribution in [1.82, 2.24) is 0 Å². The van der Waals surface area contributed by atoms with E-state index in [0.717, 1.165) is 19.3 Å². The molecule has 0 spiro atoms. The predicted molar refractivity (Wildman–Crippen MR) is 60.6 cm³/mol. The number of hydrogen-bond acceptors (Lipinski definition) is 2. The van der Waals surface area contributed by atoms with E-state index >= 15 is 0 Å². The minimum absolute atomic E-state index is 0.0335. The molecule has 0 radical (unpaired) electrons. The van der Waals surface area contributed by atoms with Gasteiger partial charge in [0.2, 0.25) is 0 Å². The van der Waals surface area contributed by atoms with Crippen LogP contribution in [0.4, 0.5) is 0 Å². The largest absolute Gasteiger partial charge is 0.463 e. The Hall–Kier alpha value is -1.31. The summed E-state index contributed by atoms with van der Waals surface area (Å²) >= 11 is 0. The van der Waals surface area contributed by atoms with E-state index in [2.05, 4.69) is 12.1 Å². The van der Waals surface area contributed by atoms with Gasteiger partial charge in [0.15, 0.2) is 0 Å². The Bertz CT molecular complexity index is 293. The molecule has 15 heavy (non-hydrogen) atoms. The molecule has 0 saturated carbocycles. The zero-order valence-electron chi connectivity index (χ0n) is 9.40. The van der Waals surface area contributed by atoms with E-state index in [-0.39, 0.29) is 12.1 Å². The van der Waals surface area contributed by atoms with Crippen LogP contribution in [0, 0.1) is 0 Å². The van der Waals surface area contributed by atoms with Crippen LogP contribution in [0.3, 0.4) is 0 Å². The quantitative estimate of drug-likeness (QED) is 0.692. The fraction of sp³-hybridized carbons (Fsp3) is 0.462. The van der Waals surface area contributed by atoms with Crippen molar-refractivity contribution in [2.75, 3.05) is 0 Å². The highest BCUT2D eigenvalue weighted by molar-refractivity contribution is 5.66. The Morgan fingerprint density at radius 2 is 2.00 bits per heavy atom. The lowest BCUT2D eigenvalue weighted by molar-refractivity contribution is -0.145. The Morgan fingerprint density at radius 1 is 1.33 bits per heavy atom. The van der Waals surface area contributed by atoms with Crippen LogP contribution in [0.15, 0.2) is 30.3 Å². The number of benzene rings is 1. The molecule has 0 fully saturated rings. The van der Waals surface area contributed by atoms with E-state index in [4.69, 9.17) is 4.74 Å². The van der Waals surface area contributed by atoms with Crippen molar-refractivity contribution in [2.45, 2.75) is 39.2 Å². The van der Waals surface area contributed by atoms with Gasteiger partial charge in [0.1, 0.15) is 0 Å². The summed E-state index contributed by atoms with van der Waals surface area (Å²) in [7, 11) is 0. The van der Waals surface area contributed by atoms with Gasteiger partial charge in [-0.15, -0.1) is 0 Å². The standard InChI is InChI=1S/C13H18O2/c1-11(15-12(2)14)7-6-10-13-8-4-3-5-9-13/h3-5,8-9,11H,6-7,10H2,1-2H3. The van der Waals surface area contributed by atoms with Crippen LogP contribution in [0.25, 0.3) is 0 Å². The molecule has 1 atom stereocenters. The number of ether oxygens (including phenoxy) is 1. The number of aryl methyl sites for hydroxylation is 1. The van der Waals surface area contributed by atoms with Gasteiger partial charge in [0.25, 0.3) is 0 Å². The van der Waals surface area contributed by atoms with Crippen LogP contribution in [-0.2, 0) is 16.0 Å². The van der Waals surface area contributed by atoms with Gasteiger partial charge in [-0.05, 0) is 31.7 Å². The summed E-state index contributed by atoms with van der Waals surface area (Å²) in [5.41, 5.74) is 1.34. The molecule has 0 aromatic heterocycles. The third-order valence-electron chi connectivity index (χ3n) is 2.29. The van der Waals surface area contributed by atoms with Crippen LogP contribution in [0.2, 0.25) is 0 Å². The number of hydrogen-bond donors (Lipinski definition) is 0. The van der Waals surface area contributed by atoms with Crippen LogP contribution in [0.5, 0.6) is 0 Å². The Morgan fingerprint density at radius 3 is 2.60 bits per heavy atom. The average molecular weight is 206 g/mol. The van der Waals surface area contributed by atoms with Gasteiger partial charge in [-0.3, -0.25) is 4.79 Å². The molecular formula is C13H18O2. The van der Waals surface area contributed by atoms with Crippen molar-refractivity contribution in [3.05, 3.63) is 35.9 Å². The number of rotatable bonds is 5. The third-order valence-corrected chi connectivity index (χ3v) is 2.29. The van der Waals surface area contributed by atoms with Crippen LogP contribution >= 0.6 is 0 Å². The fourth-order valence-corrected chi connectivity index (χ4v) is 1.58. The summed E-state index contributed by atoms with van der Waals surface area (Å²) in [5.74, 6) is -0.192.